The Hall–Kier alpha value is -2.42. The quantitative estimate of drug-likeness (QED) is 0.519. The van der Waals surface area contributed by atoms with E-state index in [4.69, 9.17) is 9.47 Å². The summed E-state index contributed by atoms with van der Waals surface area (Å²) in [6, 6.07) is 9.97. The Kier molecular flexibility index (Phi) is 7.84. The number of carbonyl (C=O) groups is 2. The van der Waals surface area contributed by atoms with Gasteiger partial charge in [0.05, 0.1) is 19.3 Å². The Labute approximate surface area is 181 Å². The van der Waals surface area contributed by atoms with Gasteiger partial charge < -0.3 is 24.6 Å². The minimum Gasteiger partial charge on any atom is -0.497 e. The van der Waals surface area contributed by atoms with Crippen LogP contribution < -0.4 is 19.9 Å². The molecule has 1 fully saturated rings. The minimum atomic E-state index is -0.390. The number of aryl methyl sites for hydroxylation is 1. The van der Waals surface area contributed by atoms with Crippen LogP contribution >= 0.6 is 11.3 Å². The molecule has 1 aromatic heterocycles. The van der Waals surface area contributed by atoms with E-state index in [-0.39, 0.29) is 11.9 Å². The predicted octanol–water partition coefficient (Wildman–Crippen LogP) is 0.164. The number of rotatable bonds is 8. The Balaban J connectivity index is 1.48. The summed E-state index contributed by atoms with van der Waals surface area (Å²) in [5.41, 5.74) is 1.71. The van der Waals surface area contributed by atoms with Gasteiger partial charge in [-0.3, -0.25) is 4.79 Å². The molecule has 0 bridgehead atoms. The maximum absolute atomic E-state index is 12.6. The van der Waals surface area contributed by atoms with Crippen molar-refractivity contribution in [3.8, 4) is 5.75 Å². The van der Waals surface area contributed by atoms with Crippen LogP contribution in [-0.2, 0) is 16.1 Å². The standard InChI is InChI=1S/C22H29N3O4S/c1-4-29-22(27)19-12-16(2)30-21(19)23-20(26)15-25-10-8-24(9-11-25)14-17-6-5-7-18(13-17)28-3/h5-7,12-13H,4,8-11,14-15H2,1-3H3,(H,23,26)/p+2. The van der Waals surface area contributed by atoms with Gasteiger partial charge in [-0.1, -0.05) is 12.1 Å². The first kappa shape index (κ1) is 22.3. The molecule has 0 spiro atoms. The second kappa shape index (κ2) is 10.6. The van der Waals surface area contributed by atoms with Crippen molar-refractivity contribution in [3.05, 3.63) is 46.3 Å². The van der Waals surface area contributed by atoms with E-state index < -0.39 is 0 Å². The molecule has 1 aliphatic heterocycles. The number of ether oxygens (including phenoxy) is 2. The normalized spacial score (nSPS) is 18.6. The van der Waals surface area contributed by atoms with Crippen molar-refractivity contribution >= 4 is 28.2 Å². The summed E-state index contributed by atoms with van der Waals surface area (Å²) < 4.78 is 10.4. The molecule has 0 saturated carbocycles. The highest BCUT2D eigenvalue weighted by Gasteiger charge is 2.26. The lowest BCUT2D eigenvalue weighted by Crippen LogP contribution is -3.28. The van der Waals surface area contributed by atoms with Crippen molar-refractivity contribution in [3.63, 3.8) is 0 Å². The lowest BCUT2D eigenvalue weighted by Gasteiger charge is -2.29. The zero-order valence-electron chi connectivity index (χ0n) is 17.9. The maximum Gasteiger partial charge on any atom is 0.341 e. The topological polar surface area (TPSA) is 73.5 Å². The summed E-state index contributed by atoms with van der Waals surface area (Å²) in [7, 11) is 1.69. The van der Waals surface area contributed by atoms with Gasteiger partial charge in [-0.15, -0.1) is 11.3 Å². The van der Waals surface area contributed by atoms with Crippen molar-refractivity contribution in [1.29, 1.82) is 0 Å². The second-order valence-electron chi connectivity index (χ2n) is 7.57. The van der Waals surface area contributed by atoms with Crippen LogP contribution in [0.5, 0.6) is 5.75 Å². The third-order valence-electron chi connectivity index (χ3n) is 5.27. The van der Waals surface area contributed by atoms with Crippen LogP contribution in [0.4, 0.5) is 5.00 Å². The van der Waals surface area contributed by atoms with Gasteiger partial charge in [0, 0.05) is 10.4 Å². The molecule has 2 heterocycles. The predicted molar refractivity (Wildman–Crippen MR) is 117 cm³/mol. The zero-order chi connectivity index (χ0) is 21.5. The molecule has 162 valence electrons. The lowest BCUT2D eigenvalue weighted by molar-refractivity contribution is -1.02. The average Bonchev–Trinajstić information content (AvgIpc) is 3.10. The van der Waals surface area contributed by atoms with Crippen LogP contribution in [0.2, 0.25) is 0 Å². The first-order chi connectivity index (χ1) is 14.5. The molecule has 1 amide bonds. The molecular weight excluding hydrogens is 402 g/mol. The van der Waals surface area contributed by atoms with Crippen LogP contribution in [0.25, 0.3) is 0 Å². The molecule has 0 unspecified atom stereocenters. The van der Waals surface area contributed by atoms with E-state index in [1.54, 1.807) is 20.1 Å². The number of methoxy groups -OCH3 is 1. The lowest BCUT2D eigenvalue weighted by atomic mass is 10.2. The number of piperazine rings is 1. The van der Waals surface area contributed by atoms with Crippen LogP contribution in [0.3, 0.4) is 0 Å². The fourth-order valence-corrected chi connectivity index (χ4v) is 4.66. The molecule has 1 aromatic carbocycles. The zero-order valence-corrected chi connectivity index (χ0v) is 18.7. The van der Waals surface area contributed by atoms with Crippen molar-refractivity contribution < 1.29 is 28.9 Å². The third kappa shape index (κ3) is 6.04. The molecular formula is C22H31N3O4S+2. The van der Waals surface area contributed by atoms with E-state index in [9.17, 15) is 9.59 Å². The van der Waals surface area contributed by atoms with Gasteiger partial charge in [0.15, 0.2) is 6.54 Å². The highest BCUT2D eigenvalue weighted by Crippen LogP contribution is 2.28. The van der Waals surface area contributed by atoms with E-state index in [2.05, 4.69) is 17.4 Å². The second-order valence-corrected chi connectivity index (χ2v) is 8.83. The Morgan fingerprint density at radius 3 is 2.57 bits per heavy atom. The molecule has 0 radical (unpaired) electrons. The molecule has 7 nitrogen and oxygen atoms in total. The summed E-state index contributed by atoms with van der Waals surface area (Å²) in [6.45, 7) is 9.31. The van der Waals surface area contributed by atoms with Crippen molar-refractivity contribution in [2.75, 3.05) is 51.8 Å². The van der Waals surface area contributed by atoms with Crippen LogP contribution in [-0.4, -0.2) is 58.3 Å². The van der Waals surface area contributed by atoms with Gasteiger partial charge in [-0.25, -0.2) is 4.79 Å². The Morgan fingerprint density at radius 2 is 1.87 bits per heavy atom. The summed E-state index contributed by atoms with van der Waals surface area (Å²) in [5.74, 6) is 0.437. The number of carbonyl (C=O) groups excluding carboxylic acids is 2. The van der Waals surface area contributed by atoms with E-state index >= 15 is 0 Å². The molecule has 2 aromatic rings. The monoisotopic (exact) mass is 433 g/mol. The molecule has 3 rings (SSSR count). The van der Waals surface area contributed by atoms with E-state index in [0.29, 0.717) is 23.7 Å². The number of thiophene rings is 1. The Bertz CT molecular complexity index is 875. The van der Waals surface area contributed by atoms with Crippen molar-refractivity contribution in [1.82, 2.24) is 0 Å². The molecule has 0 atom stereocenters. The smallest absolute Gasteiger partial charge is 0.341 e. The van der Waals surface area contributed by atoms with Crippen LogP contribution in [0.1, 0.15) is 27.7 Å². The first-order valence-electron chi connectivity index (χ1n) is 10.4. The first-order valence-corrected chi connectivity index (χ1v) is 11.2. The largest absolute Gasteiger partial charge is 0.497 e. The molecule has 3 N–H and O–H groups in total. The van der Waals surface area contributed by atoms with E-state index in [1.165, 1.54) is 26.7 Å². The number of quaternary nitrogens is 2. The highest BCUT2D eigenvalue weighted by molar-refractivity contribution is 7.16. The van der Waals surface area contributed by atoms with Crippen LogP contribution in [0, 0.1) is 6.92 Å². The van der Waals surface area contributed by atoms with E-state index in [1.807, 2.05) is 19.1 Å². The SMILES string of the molecule is CCOC(=O)c1cc(C)sc1NC(=O)C[NH+]1CC[NH+](Cc2cccc(OC)c2)CC1. The number of hydrogen-bond donors (Lipinski definition) is 3. The van der Waals surface area contributed by atoms with Crippen molar-refractivity contribution in [2.45, 2.75) is 20.4 Å². The summed E-state index contributed by atoms with van der Waals surface area (Å²) in [4.78, 5) is 28.4. The molecule has 8 heteroatoms. The number of amides is 1. The van der Waals surface area contributed by atoms with Gasteiger partial charge in [0.25, 0.3) is 5.91 Å². The fraction of sp³-hybridized carbons (Fsp3) is 0.455. The summed E-state index contributed by atoms with van der Waals surface area (Å²) >= 11 is 1.41. The van der Waals surface area contributed by atoms with Gasteiger partial charge in [-0.2, -0.15) is 0 Å². The van der Waals surface area contributed by atoms with Crippen LogP contribution in [0.15, 0.2) is 30.3 Å². The number of hydrogen-bond acceptors (Lipinski definition) is 5. The number of benzene rings is 1. The van der Waals surface area contributed by atoms with Crippen molar-refractivity contribution in [2.24, 2.45) is 0 Å². The minimum absolute atomic E-state index is 0.0614. The summed E-state index contributed by atoms with van der Waals surface area (Å²) in [5, 5.41) is 3.50. The van der Waals surface area contributed by atoms with Gasteiger partial charge in [0.1, 0.15) is 43.5 Å². The molecule has 0 aliphatic carbocycles. The Morgan fingerprint density at radius 1 is 1.13 bits per heavy atom. The molecule has 1 aliphatic rings. The van der Waals surface area contributed by atoms with Gasteiger partial charge in [0.2, 0.25) is 0 Å². The van der Waals surface area contributed by atoms with Gasteiger partial charge >= 0.3 is 5.97 Å². The van der Waals surface area contributed by atoms with Gasteiger partial charge in [-0.05, 0) is 32.0 Å². The number of esters is 1. The highest BCUT2D eigenvalue weighted by atomic mass is 32.1. The average molecular weight is 434 g/mol. The third-order valence-corrected chi connectivity index (χ3v) is 6.23. The number of nitrogens with one attached hydrogen (secondary N) is 3. The molecule has 1 saturated heterocycles. The number of anilines is 1. The molecule has 30 heavy (non-hydrogen) atoms. The maximum atomic E-state index is 12.6. The van der Waals surface area contributed by atoms with E-state index in [0.717, 1.165) is 43.4 Å². The summed E-state index contributed by atoms with van der Waals surface area (Å²) in [6.07, 6.45) is 0. The fourth-order valence-electron chi connectivity index (χ4n) is 3.75.